The third-order valence-electron chi connectivity index (χ3n) is 5.91. The molecule has 6 nitrogen and oxygen atoms in total. The molecule has 8 heteroatoms. The van der Waals surface area contributed by atoms with Crippen molar-refractivity contribution in [3.63, 3.8) is 0 Å². The van der Waals surface area contributed by atoms with Crippen LogP contribution in [0.5, 0.6) is 0 Å². The van der Waals surface area contributed by atoms with Crippen LogP contribution in [0, 0.1) is 12.8 Å². The van der Waals surface area contributed by atoms with E-state index in [2.05, 4.69) is 33.8 Å². The number of rotatable bonds is 5. The molecule has 1 aromatic carbocycles. The lowest BCUT2D eigenvalue weighted by atomic mass is 9.89. The van der Waals surface area contributed by atoms with Gasteiger partial charge in [0.2, 0.25) is 5.91 Å². The van der Waals surface area contributed by atoms with Gasteiger partial charge in [-0.2, -0.15) is 0 Å². The summed E-state index contributed by atoms with van der Waals surface area (Å²) in [6.07, 6.45) is 4.19. The van der Waals surface area contributed by atoms with E-state index in [0.717, 1.165) is 63.3 Å². The fourth-order valence-corrected chi connectivity index (χ4v) is 6.39. The van der Waals surface area contributed by atoms with E-state index in [9.17, 15) is 4.79 Å². The first kappa shape index (κ1) is 20.5. The van der Waals surface area contributed by atoms with Gasteiger partial charge < -0.3 is 5.32 Å². The normalized spacial score (nSPS) is 16.0. The Hall–Kier alpha value is -2.45. The molecule has 1 atom stereocenters. The molecule has 1 N–H and O–H groups in total. The van der Waals surface area contributed by atoms with E-state index in [-0.39, 0.29) is 11.7 Å². The third kappa shape index (κ3) is 3.72. The van der Waals surface area contributed by atoms with Gasteiger partial charge in [-0.15, -0.1) is 21.5 Å². The van der Waals surface area contributed by atoms with Crippen LogP contribution in [0.25, 0.3) is 15.9 Å². The van der Waals surface area contributed by atoms with E-state index in [4.69, 9.17) is 4.98 Å². The Morgan fingerprint density at radius 3 is 2.97 bits per heavy atom. The second-order valence-electron chi connectivity index (χ2n) is 8.21. The van der Waals surface area contributed by atoms with Crippen molar-refractivity contribution in [1.29, 1.82) is 0 Å². The molecule has 5 rings (SSSR count). The lowest BCUT2D eigenvalue weighted by Crippen LogP contribution is -2.15. The van der Waals surface area contributed by atoms with Crippen molar-refractivity contribution in [1.82, 2.24) is 19.6 Å². The number of para-hydroxylation sites is 1. The molecule has 3 heterocycles. The second kappa shape index (κ2) is 8.24. The highest BCUT2D eigenvalue weighted by Crippen LogP contribution is 2.39. The molecule has 0 fully saturated rings. The molecule has 0 unspecified atom stereocenters. The fourth-order valence-electron chi connectivity index (χ4n) is 4.24. The lowest BCUT2D eigenvalue weighted by molar-refractivity contribution is -0.113. The number of benzene rings is 1. The molecular weight excluding hydrogens is 426 g/mol. The Labute approximate surface area is 189 Å². The molecule has 0 radical (unpaired) electrons. The van der Waals surface area contributed by atoms with Gasteiger partial charge in [-0.25, -0.2) is 4.98 Å². The number of thioether (sulfide) groups is 1. The minimum absolute atomic E-state index is 0.0509. The van der Waals surface area contributed by atoms with Gasteiger partial charge in [-0.05, 0) is 49.3 Å². The predicted octanol–water partition coefficient (Wildman–Crippen LogP) is 5.07. The molecule has 1 amide bonds. The molecule has 160 valence electrons. The molecule has 3 aromatic heterocycles. The monoisotopic (exact) mass is 451 g/mol. The second-order valence-corrected chi connectivity index (χ2v) is 10.2. The van der Waals surface area contributed by atoms with Crippen LogP contribution in [0.1, 0.15) is 42.1 Å². The Bertz CT molecular complexity index is 1290. The zero-order chi connectivity index (χ0) is 21.5. The minimum atomic E-state index is -0.0509. The highest BCUT2D eigenvalue weighted by molar-refractivity contribution is 7.99. The van der Waals surface area contributed by atoms with E-state index in [0.29, 0.717) is 0 Å². The van der Waals surface area contributed by atoms with Crippen LogP contribution in [0.2, 0.25) is 0 Å². The van der Waals surface area contributed by atoms with Crippen molar-refractivity contribution in [2.24, 2.45) is 5.92 Å². The van der Waals surface area contributed by atoms with Gasteiger partial charge in [0.25, 0.3) is 0 Å². The molecule has 1 aliphatic rings. The van der Waals surface area contributed by atoms with Gasteiger partial charge in [0, 0.05) is 17.0 Å². The van der Waals surface area contributed by atoms with Crippen molar-refractivity contribution in [3.05, 3.63) is 46.1 Å². The SMILES string of the molecule is CCc1nc2sc3c(c2c2nnc(SCC(=O)Nc4ccccc4C)n12)CC[C@@H](C)C3. The lowest BCUT2D eigenvalue weighted by Gasteiger charge is -2.17. The van der Waals surface area contributed by atoms with E-state index < -0.39 is 0 Å². The van der Waals surface area contributed by atoms with Crippen molar-refractivity contribution in [2.45, 2.75) is 51.6 Å². The number of amides is 1. The number of carbonyl (C=O) groups excluding carboxylic acids is 1. The third-order valence-corrected chi connectivity index (χ3v) is 7.98. The number of hydrogen-bond acceptors (Lipinski definition) is 6. The first-order chi connectivity index (χ1) is 15.0. The van der Waals surface area contributed by atoms with E-state index in [1.54, 1.807) is 0 Å². The molecule has 31 heavy (non-hydrogen) atoms. The van der Waals surface area contributed by atoms with Crippen LogP contribution in [-0.4, -0.2) is 31.2 Å². The number of hydrogen-bond donors (Lipinski definition) is 1. The van der Waals surface area contributed by atoms with Crippen LogP contribution >= 0.6 is 23.1 Å². The molecule has 4 aromatic rings. The predicted molar refractivity (Wildman–Crippen MR) is 127 cm³/mol. The van der Waals surface area contributed by atoms with Gasteiger partial charge in [0.1, 0.15) is 10.7 Å². The Morgan fingerprint density at radius 2 is 2.16 bits per heavy atom. The summed E-state index contributed by atoms with van der Waals surface area (Å²) < 4.78 is 2.05. The first-order valence-electron chi connectivity index (χ1n) is 10.7. The van der Waals surface area contributed by atoms with Crippen LogP contribution < -0.4 is 5.32 Å². The van der Waals surface area contributed by atoms with Gasteiger partial charge in [-0.3, -0.25) is 9.20 Å². The highest BCUT2D eigenvalue weighted by Gasteiger charge is 2.25. The number of aryl methyl sites for hydroxylation is 3. The van der Waals surface area contributed by atoms with Gasteiger partial charge in [-0.1, -0.05) is 43.8 Å². The largest absolute Gasteiger partial charge is 0.325 e. The number of aromatic nitrogens is 4. The van der Waals surface area contributed by atoms with E-state index in [1.807, 2.05) is 42.5 Å². The smallest absolute Gasteiger partial charge is 0.234 e. The number of thiophene rings is 1. The number of nitrogens with one attached hydrogen (secondary N) is 1. The summed E-state index contributed by atoms with van der Waals surface area (Å²) in [7, 11) is 0. The summed E-state index contributed by atoms with van der Waals surface area (Å²) in [6, 6.07) is 7.79. The van der Waals surface area contributed by atoms with Crippen LogP contribution in [0.3, 0.4) is 0 Å². The van der Waals surface area contributed by atoms with Gasteiger partial charge >= 0.3 is 0 Å². The van der Waals surface area contributed by atoms with Crippen LogP contribution in [0.15, 0.2) is 29.4 Å². The molecule has 0 saturated carbocycles. The zero-order valence-corrected chi connectivity index (χ0v) is 19.6. The maximum atomic E-state index is 12.5. The average molecular weight is 452 g/mol. The molecule has 1 aliphatic carbocycles. The number of nitrogens with zero attached hydrogens (tertiary/aromatic N) is 4. The summed E-state index contributed by atoms with van der Waals surface area (Å²) in [5.74, 6) is 1.89. The van der Waals surface area contributed by atoms with Crippen molar-refractivity contribution in [2.75, 3.05) is 11.1 Å². The van der Waals surface area contributed by atoms with E-state index in [1.165, 1.54) is 28.6 Å². The standard InChI is InChI=1S/C23H25N5OS2/c1-4-18-25-22-20(15-10-9-13(2)11-17(15)31-22)21-26-27-23(28(18)21)30-12-19(29)24-16-8-6-5-7-14(16)3/h5-8,13H,4,9-12H2,1-3H3,(H,24,29)/t13-/m1/s1. The summed E-state index contributed by atoms with van der Waals surface area (Å²) in [6.45, 7) is 6.41. The number of anilines is 1. The average Bonchev–Trinajstić information content (AvgIpc) is 3.33. The summed E-state index contributed by atoms with van der Waals surface area (Å²) in [5, 5.41) is 13.9. The Balaban J connectivity index is 1.46. The van der Waals surface area contributed by atoms with E-state index >= 15 is 0 Å². The molecular formula is C23H25N5OS2. The maximum absolute atomic E-state index is 12.5. The zero-order valence-electron chi connectivity index (χ0n) is 17.9. The first-order valence-corrected chi connectivity index (χ1v) is 12.5. The van der Waals surface area contributed by atoms with Crippen LogP contribution in [0.4, 0.5) is 5.69 Å². The van der Waals surface area contributed by atoms with Gasteiger partial charge in [0.05, 0.1) is 11.1 Å². The fraction of sp³-hybridized carbons (Fsp3) is 0.391. The number of carbonyl (C=O) groups is 1. The minimum Gasteiger partial charge on any atom is -0.325 e. The summed E-state index contributed by atoms with van der Waals surface area (Å²) in [5.41, 5.74) is 4.18. The maximum Gasteiger partial charge on any atom is 0.234 e. The number of fused-ring (bicyclic) bond motifs is 5. The topological polar surface area (TPSA) is 72.2 Å². The molecule has 0 aliphatic heterocycles. The molecule has 0 spiro atoms. The Kier molecular flexibility index (Phi) is 5.44. The summed E-state index contributed by atoms with van der Waals surface area (Å²) in [4.78, 5) is 20.0. The molecule has 0 saturated heterocycles. The quantitative estimate of drug-likeness (QED) is 0.429. The summed E-state index contributed by atoms with van der Waals surface area (Å²) >= 11 is 3.22. The molecule has 0 bridgehead atoms. The van der Waals surface area contributed by atoms with Crippen LogP contribution in [-0.2, 0) is 24.1 Å². The Morgan fingerprint density at radius 1 is 1.32 bits per heavy atom. The van der Waals surface area contributed by atoms with Crippen molar-refractivity contribution < 1.29 is 4.79 Å². The highest BCUT2D eigenvalue weighted by atomic mass is 32.2. The van der Waals surface area contributed by atoms with Crippen molar-refractivity contribution in [3.8, 4) is 0 Å². The van der Waals surface area contributed by atoms with Crippen molar-refractivity contribution >= 4 is 50.6 Å². The van der Waals surface area contributed by atoms with Gasteiger partial charge in [0.15, 0.2) is 10.8 Å².